The first-order valence-electron chi connectivity index (χ1n) is 8.89. The van der Waals surface area contributed by atoms with E-state index in [1.165, 1.54) is 0 Å². The van der Waals surface area contributed by atoms with Gasteiger partial charge in [0, 0.05) is 6.07 Å². The third kappa shape index (κ3) is 4.93. The zero-order chi connectivity index (χ0) is 21.2. The molecule has 0 radical (unpaired) electrons. The van der Waals surface area contributed by atoms with Gasteiger partial charge in [0.1, 0.15) is 12.4 Å². The molecule has 2 atom stereocenters. The Bertz CT molecular complexity index is 910. The normalized spacial score (nSPS) is 20.8. The van der Waals surface area contributed by atoms with Crippen molar-refractivity contribution in [2.45, 2.75) is 26.6 Å². The van der Waals surface area contributed by atoms with Crippen LogP contribution in [0.2, 0.25) is 0 Å². The van der Waals surface area contributed by atoms with E-state index in [4.69, 9.17) is 9.47 Å². The third-order valence-corrected chi connectivity index (χ3v) is 4.87. The second-order valence-corrected chi connectivity index (χ2v) is 7.33. The van der Waals surface area contributed by atoms with Gasteiger partial charge < -0.3 is 9.47 Å². The fraction of sp³-hybridized carbons (Fsp3) is 0.333. The van der Waals surface area contributed by atoms with Crippen molar-refractivity contribution >= 4 is 5.97 Å². The summed E-state index contributed by atoms with van der Waals surface area (Å²) in [6.45, 7) is 3.02. The first kappa shape index (κ1) is 20.8. The number of hydrogen-bond acceptors (Lipinski definition) is 4. The Morgan fingerprint density at radius 1 is 1.14 bits per heavy atom. The maximum absolute atomic E-state index is 13.2. The van der Waals surface area contributed by atoms with E-state index < -0.39 is 35.2 Å². The van der Waals surface area contributed by atoms with E-state index in [2.05, 4.69) is 4.98 Å². The van der Waals surface area contributed by atoms with Crippen LogP contribution in [-0.4, -0.2) is 17.1 Å². The van der Waals surface area contributed by atoms with Crippen molar-refractivity contribution in [2.75, 3.05) is 0 Å². The molecule has 0 unspecified atom stereocenters. The Morgan fingerprint density at radius 2 is 1.83 bits per heavy atom. The first-order valence-corrected chi connectivity index (χ1v) is 8.89. The number of carbonyl (C=O) groups excluding carboxylic acids is 1. The van der Waals surface area contributed by atoms with Gasteiger partial charge in [-0.1, -0.05) is 38.1 Å². The van der Waals surface area contributed by atoms with Crippen LogP contribution in [0.4, 0.5) is 17.6 Å². The van der Waals surface area contributed by atoms with Crippen molar-refractivity contribution in [3.05, 3.63) is 66.1 Å². The van der Waals surface area contributed by atoms with Crippen molar-refractivity contribution < 1.29 is 31.8 Å². The van der Waals surface area contributed by atoms with Gasteiger partial charge in [-0.3, -0.25) is 4.79 Å². The quantitative estimate of drug-likeness (QED) is 0.460. The van der Waals surface area contributed by atoms with E-state index >= 15 is 0 Å². The lowest BCUT2D eigenvalue weighted by Gasteiger charge is -2.08. The van der Waals surface area contributed by atoms with Gasteiger partial charge in [0.2, 0.25) is 5.88 Å². The number of allylic oxidation sites excluding steroid dienone is 2. The minimum absolute atomic E-state index is 0.171. The van der Waals surface area contributed by atoms with Gasteiger partial charge in [0.25, 0.3) is 0 Å². The fourth-order valence-corrected chi connectivity index (χ4v) is 3.13. The van der Waals surface area contributed by atoms with E-state index in [1.54, 1.807) is 44.2 Å². The molecule has 1 fully saturated rings. The molecule has 0 spiro atoms. The number of pyridine rings is 1. The van der Waals surface area contributed by atoms with Gasteiger partial charge in [-0.25, -0.2) is 9.37 Å². The number of benzene rings is 1. The van der Waals surface area contributed by atoms with Gasteiger partial charge in [-0.15, -0.1) is 0 Å². The van der Waals surface area contributed by atoms with Gasteiger partial charge in [0.05, 0.1) is 11.6 Å². The molecule has 1 aromatic carbocycles. The molecule has 29 heavy (non-hydrogen) atoms. The van der Waals surface area contributed by atoms with E-state index in [1.807, 2.05) is 18.2 Å². The predicted octanol–water partition coefficient (Wildman–Crippen LogP) is 5.61. The number of carbonyl (C=O) groups is 1. The highest BCUT2D eigenvalue weighted by molar-refractivity contribution is 5.78. The molecule has 154 valence electrons. The first-order chi connectivity index (χ1) is 13.6. The van der Waals surface area contributed by atoms with Gasteiger partial charge in [-0.05, 0) is 35.6 Å². The topological polar surface area (TPSA) is 48.4 Å². The average Bonchev–Trinajstić information content (AvgIpc) is 3.20. The molecule has 1 aliphatic carbocycles. The van der Waals surface area contributed by atoms with Crippen molar-refractivity contribution in [3.8, 4) is 11.6 Å². The minimum atomic E-state index is -5.06. The number of aromatic nitrogens is 1. The summed E-state index contributed by atoms with van der Waals surface area (Å²) >= 11 is 0. The standard InChI is InChI=1S/C21H19F4NO3/c1-20(2)15(11-16(22)21(23,24)25)18(20)19(27)28-12-13-7-6-10-17(26-13)29-14-8-4-3-5-9-14/h3-11,15,18H,12H2,1-2H3/b16-11+/t15-,18-/m1/s1. The Labute approximate surface area is 165 Å². The second kappa shape index (κ2) is 7.85. The Kier molecular flexibility index (Phi) is 5.64. The monoisotopic (exact) mass is 409 g/mol. The number of para-hydroxylation sites is 1. The lowest BCUT2D eigenvalue weighted by Crippen LogP contribution is -2.11. The summed E-state index contributed by atoms with van der Waals surface area (Å²) in [5.74, 6) is -3.71. The third-order valence-electron chi connectivity index (χ3n) is 4.87. The van der Waals surface area contributed by atoms with Gasteiger partial charge in [0.15, 0.2) is 5.83 Å². The Balaban J connectivity index is 1.60. The summed E-state index contributed by atoms with van der Waals surface area (Å²) < 4.78 is 61.2. The molecule has 3 rings (SSSR count). The van der Waals surface area contributed by atoms with Crippen molar-refractivity contribution in [2.24, 2.45) is 17.3 Å². The molecule has 0 N–H and O–H groups in total. The maximum Gasteiger partial charge on any atom is 0.442 e. The number of hydrogen-bond donors (Lipinski definition) is 0. The van der Waals surface area contributed by atoms with Crippen LogP contribution >= 0.6 is 0 Å². The molecule has 1 aromatic heterocycles. The lowest BCUT2D eigenvalue weighted by molar-refractivity contribution is -0.147. The molecular formula is C21H19F4NO3. The molecule has 0 aliphatic heterocycles. The average molecular weight is 409 g/mol. The van der Waals surface area contributed by atoms with E-state index in [0.717, 1.165) is 0 Å². The predicted molar refractivity (Wildman–Crippen MR) is 96.6 cm³/mol. The molecule has 1 heterocycles. The van der Waals surface area contributed by atoms with Crippen LogP contribution in [0.1, 0.15) is 19.5 Å². The zero-order valence-electron chi connectivity index (χ0n) is 15.7. The van der Waals surface area contributed by atoms with Crippen LogP contribution in [0.3, 0.4) is 0 Å². The Morgan fingerprint density at radius 3 is 2.48 bits per heavy atom. The number of alkyl halides is 3. The van der Waals surface area contributed by atoms with E-state index in [9.17, 15) is 22.4 Å². The number of esters is 1. The summed E-state index contributed by atoms with van der Waals surface area (Å²) in [6, 6.07) is 13.9. The van der Waals surface area contributed by atoms with Crippen LogP contribution in [0.5, 0.6) is 11.6 Å². The van der Waals surface area contributed by atoms with Crippen LogP contribution in [0, 0.1) is 17.3 Å². The van der Waals surface area contributed by atoms with Gasteiger partial charge >= 0.3 is 12.1 Å². The summed E-state index contributed by atoms with van der Waals surface area (Å²) in [7, 11) is 0. The van der Waals surface area contributed by atoms with Crippen molar-refractivity contribution in [1.29, 1.82) is 0 Å². The molecule has 1 saturated carbocycles. The highest BCUT2D eigenvalue weighted by Gasteiger charge is 2.62. The molecular weight excluding hydrogens is 390 g/mol. The Hall–Kier alpha value is -2.90. The van der Waals surface area contributed by atoms with E-state index in [0.29, 0.717) is 23.4 Å². The molecule has 4 nitrogen and oxygen atoms in total. The lowest BCUT2D eigenvalue weighted by atomic mass is 10.1. The molecule has 0 saturated heterocycles. The largest absolute Gasteiger partial charge is 0.459 e. The SMILES string of the molecule is CC1(C)[C@H](/C=C(/F)C(F)(F)F)[C@@H]1C(=O)OCc1cccc(Oc2ccccc2)n1. The van der Waals surface area contributed by atoms with Crippen LogP contribution in [0.15, 0.2) is 60.4 Å². The van der Waals surface area contributed by atoms with Crippen molar-refractivity contribution in [3.63, 3.8) is 0 Å². The molecule has 8 heteroatoms. The van der Waals surface area contributed by atoms with E-state index in [-0.39, 0.29) is 6.61 Å². The summed E-state index contributed by atoms with van der Waals surface area (Å²) in [4.78, 5) is 16.5. The maximum atomic E-state index is 13.2. The number of halogens is 4. The zero-order valence-corrected chi connectivity index (χ0v) is 15.7. The summed E-state index contributed by atoms with van der Waals surface area (Å²) in [5.41, 5.74) is -0.399. The molecule has 1 aliphatic rings. The number of nitrogens with zero attached hydrogens (tertiary/aromatic N) is 1. The van der Waals surface area contributed by atoms with Crippen LogP contribution in [0.25, 0.3) is 0 Å². The molecule has 0 amide bonds. The van der Waals surface area contributed by atoms with Crippen LogP contribution in [-0.2, 0) is 16.1 Å². The summed E-state index contributed by atoms with van der Waals surface area (Å²) in [5, 5.41) is 0. The van der Waals surface area contributed by atoms with Crippen molar-refractivity contribution in [1.82, 2.24) is 4.98 Å². The number of ether oxygens (including phenoxy) is 2. The fourth-order valence-electron chi connectivity index (χ4n) is 3.13. The number of rotatable bonds is 6. The molecule has 2 aromatic rings. The summed E-state index contributed by atoms with van der Waals surface area (Å²) in [6.07, 6.45) is -4.60. The molecule has 0 bridgehead atoms. The van der Waals surface area contributed by atoms with Gasteiger partial charge in [-0.2, -0.15) is 13.2 Å². The smallest absolute Gasteiger partial charge is 0.442 e. The van der Waals surface area contributed by atoms with Crippen LogP contribution < -0.4 is 4.74 Å². The minimum Gasteiger partial charge on any atom is -0.459 e. The highest BCUT2D eigenvalue weighted by Crippen LogP contribution is 2.60. The second-order valence-electron chi connectivity index (χ2n) is 7.33. The highest BCUT2D eigenvalue weighted by atomic mass is 19.4.